The van der Waals surface area contributed by atoms with E-state index in [9.17, 15) is 0 Å². The molecule has 1 atom stereocenters. The van der Waals surface area contributed by atoms with Crippen LogP contribution in [0.15, 0.2) is 0 Å². The second kappa shape index (κ2) is 8.96. The highest BCUT2D eigenvalue weighted by Gasteiger charge is 2.00. The second-order valence-corrected chi connectivity index (χ2v) is 2.68. The van der Waals surface area contributed by atoms with E-state index in [1.54, 1.807) is 7.11 Å². The summed E-state index contributed by atoms with van der Waals surface area (Å²) in [4.78, 5) is 0. The summed E-state index contributed by atoms with van der Waals surface area (Å²) < 4.78 is 5.06. The van der Waals surface area contributed by atoms with Crippen molar-refractivity contribution in [3.05, 3.63) is 0 Å². The Balaban J connectivity index is 0. The fourth-order valence-corrected chi connectivity index (χ4v) is 0.760. The van der Waals surface area contributed by atoms with E-state index >= 15 is 0 Å². The maximum Gasteiger partial charge on any atom is 0.0545 e. The standard InChI is InChI=1S/C7H16O.C2H6/c1-6(2)5-7(3)8-4;1-2/h6-7H,5H2,1-4H3;1-2H3. The number of rotatable bonds is 3. The molecule has 0 N–H and O–H groups in total. The lowest BCUT2D eigenvalue weighted by Gasteiger charge is -2.10. The Labute approximate surface area is 65.8 Å². The topological polar surface area (TPSA) is 9.23 Å². The van der Waals surface area contributed by atoms with Crippen LogP contribution in [0.25, 0.3) is 0 Å². The SMILES string of the molecule is CC.COC(C)CC(C)C. The Morgan fingerprint density at radius 3 is 1.60 bits per heavy atom. The highest BCUT2D eigenvalue weighted by molar-refractivity contribution is 4.51. The van der Waals surface area contributed by atoms with Crippen LogP contribution >= 0.6 is 0 Å². The molecule has 0 heterocycles. The molecule has 0 saturated carbocycles. The molecule has 0 bridgehead atoms. The first-order valence-corrected chi connectivity index (χ1v) is 4.19. The van der Waals surface area contributed by atoms with Crippen molar-refractivity contribution in [2.45, 2.75) is 47.1 Å². The van der Waals surface area contributed by atoms with Crippen molar-refractivity contribution in [3.8, 4) is 0 Å². The van der Waals surface area contributed by atoms with Crippen LogP contribution < -0.4 is 0 Å². The minimum Gasteiger partial charge on any atom is -0.382 e. The number of ether oxygens (including phenoxy) is 1. The zero-order chi connectivity index (χ0) is 8.57. The van der Waals surface area contributed by atoms with Gasteiger partial charge in [0.05, 0.1) is 6.10 Å². The third-order valence-corrected chi connectivity index (χ3v) is 1.21. The van der Waals surface area contributed by atoms with E-state index in [0.29, 0.717) is 6.10 Å². The minimum atomic E-state index is 0.426. The molecule has 0 aromatic heterocycles. The van der Waals surface area contributed by atoms with Gasteiger partial charge in [-0.3, -0.25) is 0 Å². The van der Waals surface area contributed by atoms with Gasteiger partial charge in [0.2, 0.25) is 0 Å². The number of hydrogen-bond acceptors (Lipinski definition) is 1. The predicted octanol–water partition coefficient (Wildman–Crippen LogP) is 3.09. The Kier molecular flexibility index (Phi) is 11.3. The van der Waals surface area contributed by atoms with Gasteiger partial charge in [0, 0.05) is 7.11 Å². The second-order valence-electron chi connectivity index (χ2n) is 2.68. The lowest BCUT2D eigenvalue weighted by Crippen LogP contribution is -2.07. The van der Waals surface area contributed by atoms with Crippen LogP contribution in [0.5, 0.6) is 0 Å². The maximum absolute atomic E-state index is 5.06. The van der Waals surface area contributed by atoms with Gasteiger partial charge in [-0.2, -0.15) is 0 Å². The van der Waals surface area contributed by atoms with E-state index in [0.717, 1.165) is 12.3 Å². The van der Waals surface area contributed by atoms with Crippen molar-refractivity contribution in [2.75, 3.05) is 7.11 Å². The zero-order valence-electron chi connectivity index (χ0n) is 8.27. The van der Waals surface area contributed by atoms with Crippen LogP contribution in [0.4, 0.5) is 0 Å². The van der Waals surface area contributed by atoms with Gasteiger partial charge in [-0.1, -0.05) is 27.7 Å². The van der Waals surface area contributed by atoms with Gasteiger partial charge in [0.15, 0.2) is 0 Å². The predicted molar refractivity (Wildman–Crippen MR) is 47.3 cm³/mol. The Bertz CT molecular complexity index is 50.7. The zero-order valence-corrected chi connectivity index (χ0v) is 8.27. The molecule has 0 aromatic rings. The van der Waals surface area contributed by atoms with Crippen molar-refractivity contribution < 1.29 is 4.74 Å². The van der Waals surface area contributed by atoms with Crippen molar-refractivity contribution in [3.63, 3.8) is 0 Å². The summed E-state index contributed by atoms with van der Waals surface area (Å²) in [7, 11) is 1.76. The molecule has 10 heavy (non-hydrogen) atoms. The third-order valence-electron chi connectivity index (χ3n) is 1.21. The first-order valence-electron chi connectivity index (χ1n) is 4.19. The Morgan fingerprint density at radius 1 is 1.10 bits per heavy atom. The van der Waals surface area contributed by atoms with Gasteiger partial charge in [-0.05, 0) is 19.3 Å². The fourth-order valence-electron chi connectivity index (χ4n) is 0.760. The van der Waals surface area contributed by atoms with Gasteiger partial charge < -0.3 is 4.74 Å². The number of hydrogen-bond donors (Lipinski definition) is 0. The van der Waals surface area contributed by atoms with Gasteiger partial charge in [0.1, 0.15) is 0 Å². The first kappa shape index (κ1) is 12.6. The molecule has 0 saturated heterocycles. The molecule has 1 nitrogen and oxygen atoms in total. The molecule has 0 amide bonds. The summed E-state index contributed by atoms with van der Waals surface area (Å²) in [6, 6.07) is 0. The molecule has 0 radical (unpaired) electrons. The van der Waals surface area contributed by atoms with Crippen LogP contribution in [0.1, 0.15) is 41.0 Å². The van der Waals surface area contributed by atoms with Crippen LogP contribution in [-0.2, 0) is 4.74 Å². The molecule has 0 aromatic carbocycles. The summed E-state index contributed by atoms with van der Waals surface area (Å²) >= 11 is 0. The summed E-state index contributed by atoms with van der Waals surface area (Å²) in [5.41, 5.74) is 0. The molecule has 1 heteroatoms. The monoisotopic (exact) mass is 146 g/mol. The summed E-state index contributed by atoms with van der Waals surface area (Å²) in [5, 5.41) is 0. The smallest absolute Gasteiger partial charge is 0.0545 e. The van der Waals surface area contributed by atoms with E-state index < -0.39 is 0 Å². The van der Waals surface area contributed by atoms with E-state index in [-0.39, 0.29) is 0 Å². The van der Waals surface area contributed by atoms with Crippen molar-refractivity contribution in [2.24, 2.45) is 5.92 Å². The van der Waals surface area contributed by atoms with E-state index in [2.05, 4.69) is 20.8 Å². The molecule has 0 aliphatic rings. The molecule has 0 fully saturated rings. The van der Waals surface area contributed by atoms with Crippen LogP contribution in [0.3, 0.4) is 0 Å². The lowest BCUT2D eigenvalue weighted by atomic mass is 10.1. The van der Waals surface area contributed by atoms with E-state index in [1.807, 2.05) is 13.8 Å². The molecular formula is C9H22O. The van der Waals surface area contributed by atoms with E-state index in [4.69, 9.17) is 4.74 Å². The molecule has 0 rings (SSSR count). The number of methoxy groups -OCH3 is 1. The lowest BCUT2D eigenvalue weighted by molar-refractivity contribution is 0.0997. The summed E-state index contributed by atoms with van der Waals surface area (Å²) in [5.74, 6) is 0.755. The van der Waals surface area contributed by atoms with Crippen LogP contribution in [-0.4, -0.2) is 13.2 Å². The van der Waals surface area contributed by atoms with Gasteiger partial charge in [0.25, 0.3) is 0 Å². The summed E-state index contributed by atoms with van der Waals surface area (Å²) in [6.07, 6.45) is 1.59. The van der Waals surface area contributed by atoms with Gasteiger partial charge >= 0.3 is 0 Å². The van der Waals surface area contributed by atoms with Gasteiger partial charge in [-0.15, -0.1) is 0 Å². The van der Waals surface area contributed by atoms with Crippen LogP contribution in [0, 0.1) is 5.92 Å². The first-order chi connectivity index (χ1) is 4.66. The van der Waals surface area contributed by atoms with Crippen molar-refractivity contribution >= 4 is 0 Å². The normalized spacial score (nSPS) is 12.3. The van der Waals surface area contributed by atoms with Crippen LogP contribution in [0.2, 0.25) is 0 Å². The molecule has 0 aliphatic carbocycles. The average molecular weight is 146 g/mol. The van der Waals surface area contributed by atoms with Crippen molar-refractivity contribution in [1.29, 1.82) is 0 Å². The molecule has 0 aliphatic heterocycles. The quantitative estimate of drug-likeness (QED) is 0.594. The molecule has 1 unspecified atom stereocenters. The fraction of sp³-hybridized carbons (Fsp3) is 1.00. The molecule has 64 valence electrons. The highest BCUT2D eigenvalue weighted by atomic mass is 16.5. The maximum atomic E-state index is 5.06. The van der Waals surface area contributed by atoms with Gasteiger partial charge in [-0.25, -0.2) is 0 Å². The largest absolute Gasteiger partial charge is 0.382 e. The average Bonchev–Trinajstić information content (AvgIpc) is 1.91. The molecular weight excluding hydrogens is 124 g/mol. The Morgan fingerprint density at radius 2 is 1.50 bits per heavy atom. The summed E-state index contributed by atoms with van der Waals surface area (Å²) in [6.45, 7) is 10.5. The Hall–Kier alpha value is -0.0400. The highest BCUT2D eigenvalue weighted by Crippen LogP contribution is 2.05. The van der Waals surface area contributed by atoms with E-state index in [1.165, 1.54) is 0 Å². The minimum absolute atomic E-state index is 0.426. The molecule has 0 spiro atoms. The van der Waals surface area contributed by atoms with Crippen molar-refractivity contribution in [1.82, 2.24) is 0 Å². The third kappa shape index (κ3) is 10.9.